The highest BCUT2D eigenvalue weighted by atomic mass is 16.2. The molecule has 3 atom stereocenters. The van der Waals surface area contributed by atoms with Gasteiger partial charge in [0.15, 0.2) is 0 Å². The molecule has 2 amide bonds. The molecule has 1 aliphatic carbocycles. The van der Waals surface area contributed by atoms with Crippen LogP contribution in [0.2, 0.25) is 0 Å². The van der Waals surface area contributed by atoms with Crippen molar-refractivity contribution < 1.29 is 9.59 Å². The molecule has 0 spiro atoms. The molecule has 2 aromatic rings. The summed E-state index contributed by atoms with van der Waals surface area (Å²) in [6.45, 7) is 15.2. The molecular formula is C32H43N5O2. The number of nitrogens with one attached hydrogen (secondary N) is 3. The van der Waals surface area contributed by atoms with Gasteiger partial charge < -0.3 is 20.9 Å². The fraction of sp³-hybridized carbons (Fsp3) is 0.438. The Kier molecular flexibility index (Phi) is 8.68. The summed E-state index contributed by atoms with van der Waals surface area (Å²) >= 11 is 0. The molecule has 2 heterocycles. The fourth-order valence-electron chi connectivity index (χ4n) is 6.10. The highest BCUT2D eigenvalue weighted by molar-refractivity contribution is 6.05. The zero-order chi connectivity index (χ0) is 28.2. The van der Waals surface area contributed by atoms with Crippen molar-refractivity contribution in [1.82, 2.24) is 15.5 Å². The van der Waals surface area contributed by atoms with Gasteiger partial charge >= 0.3 is 0 Å². The maximum atomic E-state index is 13.4. The molecule has 1 saturated heterocycles. The Bertz CT molecular complexity index is 1230. The van der Waals surface area contributed by atoms with Crippen molar-refractivity contribution in [1.29, 1.82) is 0 Å². The lowest BCUT2D eigenvalue weighted by molar-refractivity contribution is -0.137. The third-order valence-corrected chi connectivity index (χ3v) is 8.01. The quantitative estimate of drug-likeness (QED) is 0.430. The minimum atomic E-state index is -0.606. The molecule has 3 aliphatic rings. The summed E-state index contributed by atoms with van der Waals surface area (Å²) in [6.07, 6.45) is 8.60. The lowest BCUT2D eigenvalue weighted by atomic mass is 9.81. The lowest BCUT2D eigenvalue weighted by Gasteiger charge is -2.47. The van der Waals surface area contributed by atoms with Crippen LogP contribution < -0.4 is 20.9 Å². The third-order valence-electron chi connectivity index (χ3n) is 8.01. The van der Waals surface area contributed by atoms with Gasteiger partial charge in [0.25, 0.3) is 5.91 Å². The van der Waals surface area contributed by atoms with Gasteiger partial charge in [-0.15, -0.1) is 0 Å². The van der Waals surface area contributed by atoms with Gasteiger partial charge in [0, 0.05) is 35.4 Å². The zero-order valence-electron chi connectivity index (χ0n) is 24.0. The van der Waals surface area contributed by atoms with E-state index in [0.29, 0.717) is 30.4 Å². The van der Waals surface area contributed by atoms with E-state index in [1.165, 1.54) is 6.42 Å². The third kappa shape index (κ3) is 5.97. The van der Waals surface area contributed by atoms with Crippen LogP contribution in [0.5, 0.6) is 0 Å². The number of nitrogens with zero attached hydrogens (tertiary/aromatic N) is 2. The average Bonchev–Trinajstić information content (AvgIpc) is 3.46. The largest absolute Gasteiger partial charge is 0.372 e. The normalized spacial score (nSPS) is 24.4. The maximum absolute atomic E-state index is 13.4. The zero-order valence-corrected chi connectivity index (χ0v) is 24.0. The van der Waals surface area contributed by atoms with Crippen LogP contribution in [-0.2, 0) is 10.3 Å². The minimum absolute atomic E-state index is 0.112. The highest BCUT2D eigenvalue weighted by Crippen LogP contribution is 2.38. The van der Waals surface area contributed by atoms with Crippen LogP contribution in [0.4, 0.5) is 11.4 Å². The standard InChI is InChI=1S/C30H37N5O2.C2H6/c1-20-8-5-11-25(16-20)35-22(3)33-30(4,18-28(35)36)26-12-7-13-27(21(26)2)32-29(37)23-9-6-10-24(17-23)34-15-14-31-19-34;1-2/h6-7,9-10,12-15,17,20,25,31,33H,3,5,8,11,16,18-19H2,1-2,4H3,(H,32,37);1-2H3/t20?,25-,30?;/m1./s1. The Morgan fingerprint density at radius 3 is 2.62 bits per heavy atom. The minimum Gasteiger partial charge on any atom is -0.372 e. The first-order valence-corrected chi connectivity index (χ1v) is 14.2. The molecule has 2 unspecified atom stereocenters. The summed E-state index contributed by atoms with van der Waals surface area (Å²) in [7, 11) is 0. The predicted molar refractivity (Wildman–Crippen MR) is 159 cm³/mol. The SMILES string of the molecule is C=C1NC(C)(c2cccc(NC(=O)c3cccc(N4C=CNC4)c3)c2C)CC(=O)N1[C@@H]1CCCC(C)C1.CC. The Labute approximate surface area is 233 Å². The Hall–Kier alpha value is -3.74. The molecular weight excluding hydrogens is 486 g/mol. The van der Waals surface area contributed by atoms with Crippen molar-refractivity contribution in [2.24, 2.45) is 5.92 Å². The molecule has 2 aromatic carbocycles. The van der Waals surface area contributed by atoms with E-state index >= 15 is 0 Å². The monoisotopic (exact) mass is 529 g/mol. The van der Waals surface area contributed by atoms with Crippen molar-refractivity contribution in [3.63, 3.8) is 0 Å². The second-order valence-electron chi connectivity index (χ2n) is 10.9. The van der Waals surface area contributed by atoms with Crippen LogP contribution in [0.25, 0.3) is 0 Å². The van der Waals surface area contributed by atoms with E-state index in [0.717, 1.165) is 41.8 Å². The number of hydrogen-bond acceptors (Lipinski definition) is 5. The van der Waals surface area contributed by atoms with Gasteiger partial charge in [0.2, 0.25) is 5.91 Å². The van der Waals surface area contributed by atoms with Crippen molar-refractivity contribution in [3.05, 3.63) is 84.0 Å². The van der Waals surface area contributed by atoms with Crippen LogP contribution in [0.1, 0.15) is 81.3 Å². The summed E-state index contributed by atoms with van der Waals surface area (Å²) in [5.74, 6) is 1.24. The number of amides is 2. The van der Waals surface area contributed by atoms with E-state index in [2.05, 4.69) is 29.5 Å². The maximum Gasteiger partial charge on any atom is 0.255 e. The average molecular weight is 530 g/mol. The molecule has 7 heteroatoms. The van der Waals surface area contributed by atoms with Gasteiger partial charge in [-0.1, -0.05) is 58.4 Å². The van der Waals surface area contributed by atoms with E-state index in [1.807, 2.05) is 92.4 Å². The molecule has 0 radical (unpaired) electrons. The van der Waals surface area contributed by atoms with E-state index in [-0.39, 0.29) is 17.9 Å². The molecule has 2 fully saturated rings. The molecule has 5 rings (SSSR count). The van der Waals surface area contributed by atoms with Gasteiger partial charge in [0.1, 0.15) is 5.82 Å². The van der Waals surface area contributed by atoms with E-state index in [9.17, 15) is 9.59 Å². The van der Waals surface area contributed by atoms with Crippen molar-refractivity contribution >= 4 is 23.2 Å². The number of anilines is 2. The van der Waals surface area contributed by atoms with E-state index in [1.54, 1.807) is 0 Å². The second-order valence-corrected chi connectivity index (χ2v) is 10.9. The van der Waals surface area contributed by atoms with Gasteiger partial charge in [-0.3, -0.25) is 14.5 Å². The van der Waals surface area contributed by atoms with Crippen molar-refractivity contribution in [3.8, 4) is 0 Å². The highest BCUT2D eigenvalue weighted by Gasteiger charge is 2.42. The molecule has 0 bridgehead atoms. The van der Waals surface area contributed by atoms with Crippen molar-refractivity contribution in [2.45, 2.75) is 78.3 Å². The summed E-state index contributed by atoms with van der Waals surface area (Å²) in [5.41, 5.74) is 3.59. The number of rotatable bonds is 5. The Morgan fingerprint density at radius 2 is 1.92 bits per heavy atom. The first-order chi connectivity index (χ1) is 18.7. The number of carbonyl (C=O) groups is 2. The molecule has 0 aromatic heterocycles. The molecule has 208 valence electrons. The van der Waals surface area contributed by atoms with Gasteiger partial charge in [-0.05, 0) is 68.0 Å². The molecule has 1 saturated carbocycles. The molecule has 7 nitrogen and oxygen atoms in total. The number of carbonyl (C=O) groups excluding carboxylic acids is 2. The van der Waals surface area contributed by atoms with Crippen LogP contribution in [0.15, 0.2) is 67.3 Å². The molecule has 3 N–H and O–H groups in total. The smallest absolute Gasteiger partial charge is 0.255 e. The predicted octanol–water partition coefficient (Wildman–Crippen LogP) is 6.20. The van der Waals surface area contributed by atoms with Gasteiger partial charge in [-0.2, -0.15) is 0 Å². The Balaban J connectivity index is 0.00000172. The van der Waals surface area contributed by atoms with Crippen molar-refractivity contribution in [2.75, 3.05) is 16.9 Å². The molecule has 39 heavy (non-hydrogen) atoms. The summed E-state index contributed by atoms with van der Waals surface area (Å²) in [4.78, 5) is 30.6. The summed E-state index contributed by atoms with van der Waals surface area (Å²) in [6, 6.07) is 13.7. The van der Waals surface area contributed by atoms with Gasteiger partial charge in [-0.25, -0.2) is 0 Å². The van der Waals surface area contributed by atoms with Crippen LogP contribution in [-0.4, -0.2) is 29.4 Å². The van der Waals surface area contributed by atoms with Crippen LogP contribution in [0.3, 0.4) is 0 Å². The van der Waals surface area contributed by atoms with E-state index in [4.69, 9.17) is 0 Å². The summed E-state index contributed by atoms with van der Waals surface area (Å²) in [5, 5.41) is 9.81. The van der Waals surface area contributed by atoms with Crippen LogP contribution in [0, 0.1) is 12.8 Å². The molecule has 2 aliphatic heterocycles. The first-order valence-electron chi connectivity index (χ1n) is 14.2. The second kappa shape index (κ2) is 12.0. The van der Waals surface area contributed by atoms with Crippen LogP contribution >= 0.6 is 0 Å². The number of hydrogen-bond donors (Lipinski definition) is 3. The Morgan fingerprint density at radius 1 is 1.15 bits per heavy atom. The van der Waals surface area contributed by atoms with E-state index < -0.39 is 5.54 Å². The topological polar surface area (TPSA) is 76.7 Å². The summed E-state index contributed by atoms with van der Waals surface area (Å²) < 4.78 is 0. The number of benzene rings is 2. The fourth-order valence-corrected chi connectivity index (χ4v) is 6.10. The lowest BCUT2D eigenvalue weighted by Crippen LogP contribution is -2.57. The first kappa shape index (κ1) is 28.3. The van der Waals surface area contributed by atoms with Gasteiger partial charge in [0.05, 0.1) is 18.6 Å².